The number of amides is 1. The van der Waals surface area contributed by atoms with Crippen LogP contribution in [0.15, 0.2) is 78.2 Å². The summed E-state index contributed by atoms with van der Waals surface area (Å²) in [7, 11) is 3.42. The summed E-state index contributed by atoms with van der Waals surface area (Å²) in [6.07, 6.45) is 3.72. The smallest absolute Gasteiger partial charge is 0.237 e. The van der Waals surface area contributed by atoms with Gasteiger partial charge in [-0.1, -0.05) is 30.0 Å². The molecule has 0 radical (unpaired) electrons. The van der Waals surface area contributed by atoms with E-state index in [1.54, 1.807) is 23.6 Å². The van der Waals surface area contributed by atoms with Crippen LogP contribution in [0.3, 0.4) is 0 Å². The van der Waals surface area contributed by atoms with E-state index in [1.165, 1.54) is 11.8 Å². The molecule has 9 heteroatoms. The minimum Gasteiger partial charge on any atom is -0.497 e. The zero-order valence-electron chi connectivity index (χ0n) is 17.5. The van der Waals surface area contributed by atoms with Crippen LogP contribution in [-0.2, 0) is 4.79 Å². The van der Waals surface area contributed by atoms with Crippen LogP contribution < -0.4 is 9.64 Å². The molecule has 0 fully saturated rings. The Kier molecular flexibility index (Phi) is 5.24. The summed E-state index contributed by atoms with van der Waals surface area (Å²) in [5.74, 6) is 1.05. The normalized spacial score (nSPS) is 11.2. The number of fused-ring (bicyclic) bond motifs is 3. The van der Waals surface area contributed by atoms with E-state index in [9.17, 15) is 4.79 Å². The van der Waals surface area contributed by atoms with Gasteiger partial charge in [-0.15, -0.1) is 10.2 Å². The molecule has 0 aliphatic carbocycles. The van der Waals surface area contributed by atoms with Crippen LogP contribution >= 0.6 is 11.8 Å². The SMILES string of the molecule is COc1ccc(-c2cc3c4nnc(SCC(=O)N(C)c5ccccc5)n4ccn3n2)cc1. The molecule has 32 heavy (non-hydrogen) atoms. The third-order valence-corrected chi connectivity index (χ3v) is 6.14. The predicted molar refractivity (Wildman–Crippen MR) is 124 cm³/mol. The fraction of sp³-hybridized carbons (Fsp3) is 0.130. The van der Waals surface area contributed by atoms with E-state index in [1.807, 2.05) is 77.5 Å². The predicted octanol–water partition coefficient (Wildman–Crippen LogP) is 3.81. The van der Waals surface area contributed by atoms with Crippen molar-refractivity contribution in [2.75, 3.05) is 24.8 Å². The van der Waals surface area contributed by atoms with Crippen LogP contribution in [-0.4, -0.2) is 50.0 Å². The van der Waals surface area contributed by atoms with Gasteiger partial charge in [0.05, 0.1) is 18.6 Å². The molecular weight excluding hydrogens is 424 g/mol. The van der Waals surface area contributed by atoms with Gasteiger partial charge in [0.1, 0.15) is 11.3 Å². The molecule has 2 aromatic carbocycles. The zero-order chi connectivity index (χ0) is 22.1. The lowest BCUT2D eigenvalue weighted by molar-refractivity contribution is -0.115. The first-order valence-electron chi connectivity index (χ1n) is 9.96. The van der Waals surface area contributed by atoms with Crippen LogP contribution in [0.25, 0.3) is 22.4 Å². The molecule has 5 aromatic rings. The van der Waals surface area contributed by atoms with Gasteiger partial charge in [-0.3, -0.25) is 9.20 Å². The summed E-state index contributed by atoms with van der Waals surface area (Å²) in [5.41, 5.74) is 4.20. The molecule has 5 rings (SSSR count). The number of carbonyl (C=O) groups is 1. The monoisotopic (exact) mass is 444 g/mol. The van der Waals surface area contributed by atoms with Crippen LogP contribution in [0.2, 0.25) is 0 Å². The lowest BCUT2D eigenvalue weighted by Gasteiger charge is -2.16. The lowest BCUT2D eigenvalue weighted by Crippen LogP contribution is -2.27. The van der Waals surface area contributed by atoms with E-state index in [0.717, 1.165) is 28.2 Å². The van der Waals surface area contributed by atoms with Crippen LogP contribution in [0.5, 0.6) is 5.75 Å². The molecule has 0 saturated heterocycles. The first-order valence-corrected chi connectivity index (χ1v) is 10.9. The molecule has 0 aliphatic heterocycles. The number of methoxy groups -OCH3 is 1. The second-order valence-corrected chi connectivity index (χ2v) is 8.08. The van der Waals surface area contributed by atoms with Crippen LogP contribution in [0, 0.1) is 0 Å². The second-order valence-electron chi connectivity index (χ2n) is 7.14. The zero-order valence-corrected chi connectivity index (χ0v) is 18.4. The van der Waals surface area contributed by atoms with Gasteiger partial charge in [0.2, 0.25) is 5.91 Å². The molecule has 8 nitrogen and oxygen atoms in total. The highest BCUT2D eigenvalue weighted by Crippen LogP contribution is 2.26. The molecular formula is C23H20N6O2S. The third kappa shape index (κ3) is 3.67. The number of carbonyl (C=O) groups excluding carboxylic acids is 1. The first kappa shape index (κ1) is 20.1. The van der Waals surface area contributed by atoms with E-state index in [4.69, 9.17) is 4.74 Å². The molecule has 160 valence electrons. The summed E-state index contributed by atoms with van der Waals surface area (Å²) in [6.45, 7) is 0. The Morgan fingerprint density at radius 1 is 1.06 bits per heavy atom. The molecule has 3 heterocycles. The molecule has 0 N–H and O–H groups in total. The Morgan fingerprint density at radius 3 is 2.59 bits per heavy atom. The highest BCUT2D eigenvalue weighted by atomic mass is 32.2. The summed E-state index contributed by atoms with van der Waals surface area (Å²) in [6, 6.07) is 19.3. The Hall–Kier alpha value is -3.85. The summed E-state index contributed by atoms with van der Waals surface area (Å²) in [5, 5.41) is 14.0. The molecule has 0 atom stereocenters. The quantitative estimate of drug-likeness (QED) is 0.371. The van der Waals surface area contributed by atoms with Gasteiger partial charge in [-0.2, -0.15) is 5.10 Å². The van der Waals surface area contributed by atoms with Gasteiger partial charge in [0.15, 0.2) is 10.8 Å². The lowest BCUT2D eigenvalue weighted by atomic mass is 10.1. The van der Waals surface area contributed by atoms with Gasteiger partial charge in [0.25, 0.3) is 0 Å². The largest absolute Gasteiger partial charge is 0.497 e. The molecule has 0 saturated carbocycles. The van der Waals surface area contributed by atoms with E-state index >= 15 is 0 Å². The third-order valence-electron chi connectivity index (χ3n) is 5.21. The number of benzene rings is 2. The average molecular weight is 445 g/mol. The Bertz CT molecular complexity index is 1400. The van der Waals surface area contributed by atoms with Crippen LogP contribution in [0.1, 0.15) is 0 Å². The number of hydrogen-bond acceptors (Lipinski definition) is 6. The van der Waals surface area contributed by atoms with Gasteiger partial charge in [-0.25, -0.2) is 4.52 Å². The van der Waals surface area contributed by atoms with E-state index in [2.05, 4.69) is 15.3 Å². The summed E-state index contributed by atoms with van der Waals surface area (Å²) >= 11 is 1.36. The van der Waals surface area contributed by atoms with Crippen molar-refractivity contribution in [2.45, 2.75) is 5.16 Å². The highest BCUT2D eigenvalue weighted by Gasteiger charge is 2.16. The molecule has 0 spiro atoms. The fourth-order valence-electron chi connectivity index (χ4n) is 3.41. The number of para-hydroxylation sites is 1. The number of anilines is 1. The van der Waals surface area contributed by atoms with Gasteiger partial charge < -0.3 is 9.64 Å². The van der Waals surface area contributed by atoms with E-state index < -0.39 is 0 Å². The van der Waals surface area contributed by atoms with Crippen molar-refractivity contribution in [1.29, 1.82) is 0 Å². The van der Waals surface area contributed by atoms with E-state index in [0.29, 0.717) is 10.8 Å². The van der Waals surface area contributed by atoms with Gasteiger partial charge >= 0.3 is 0 Å². The first-order chi connectivity index (χ1) is 15.6. The number of thioether (sulfide) groups is 1. The summed E-state index contributed by atoms with van der Waals surface area (Å²) < 4.78 is 8.90. The van der Waals surface area contributed by atoms with Gasteiger partial charge in [0, 0.05) is 30.7 Å². The van der Waals surface area contributed by atoms with Crippen molar-refractivity contribution in [1.82, 2.24) is 24.2 Å². The minimum absolute atomic E-state index is 0.00910. The highest BCUT2D eigenvalue weighted by molar-refractivity contribution is 7.99. The minimum atomic E-state index is -0.00910. The van der Waals surface area contributed by atoms with Crippen molar-refractivity contribution in [3.05, 3.63) is 73.1 Å². The number of aromatic nitrogens is 5. The maximum Gasteiger partial charge on any atom is 0.237 e. The molecule has 0 bridgehead atoms. The topological polar surface area (TPSA) is 77.0 Å². The number of rotatable bonds is 6. The maximum atomic E-state index is 12.6. The Labute approximate surface area is 188 Å². The van der Waals surface area contributed by atoms with Crippen LogP contribution in [0.4, 0.5) is 5.69 Å². The van der Waals surface area contributed by atoms with Crippen molar-refractivity contribution in [2.24, 2.45) is 0 Å². The molecule has 1 amide bonds. The summed E-state index contributed by atoms with van der Waals surface area (Å²) in [4.78, 5) is 14.3. The standard InChI is InChI=1S/C23H20N6O2S/c1-27(17-6-4-3-5-7-17)21(30)15-32-23-25-24-22-20-14-19(26-29(20)13-12-28(22)23)16-8-10-18(31-2)11-9-16/h3-14H,15H2,1-2H3. The van der Waals surface area contributed by atoms with Crippen molar-refractivity contribution < 1.29 is 9.53 Å². The number of nitrogens with zero attached hydrogens (tertiary/aromatic N) is 6. The number of ether oxygens (including phenoxy) is 1. The fourth-order valence-corrected chi connectivity index (χ4v) is 4.24. The average Bonchev–Trinajstić information content (AvgIpc) is 3.46. The van der Waals surface area contributed by atoms with Crippen molar-refractivity contribution in [3.8, 4) is 17.0 Å². The molecule has 3 aromatic heterocycles. The maximum absolute atomic E-state index is 12.6. The van der Waals surface area contributed by atoms with Crippen molar-refractivity contribution >= 4 is 34.5 Å². The number of hydrogen-bond donors (Lipinski definition) is 0. The second kappa shape index (κ2) is 8.35. The Balaban J connectivity index is 1.39. The molecule has 0 aliphatic rings. The Morgan fingerprint density at radius 2 is 1.84 bits per heavy atom. The van der Waals surface area contributed by atoms with E-state index in [-0.39, 0.29) is 11.7 Å². The van der Waals surface area contributed by atoms with Gasteiger partial charge in [-0.05, 0) is 42.5 Å². The van der Waals surface area contributed by atoms with Crippen molar-refractivity contribution in [3.63, 3.8) is 0 Å². The molecule has 0 unspecified atom stereocenters.